The van der Waals surface area contributed by atoms with E-state index >= 15 is 0 Å². The molecule has 6 nitrogen and oxygen atoms in total. The first-order valence-electron chi connectivity index (χ1n) is 5.88. The van der Waals surface area contributed by atoms with Gasteiger partial charge in [-0.2, -0.15) is 0 Å². The summed E-state index contributed by atoms with van der Waals surface area (Å²) in [7, 11) is 0. The number of aliphatic hydroxyl groups excluding tert-OH is 4. The fraction of sp³-hybridized carbons (Fsp3) is 0.417. The normalized spacial score (nSPS) is 17.9. The van der Waals surface area contributed by atoms with E-state index < -0.39 is 24.4 Å². The third kappa shape index (κ3) is 2.90. The van der Waals surface area contributed by atoms with Crippen molar-refractivity contribution in [3.63, 3.8) is 0 Å². The van der Waals surface area contributed by atoms with E-state index in [-0.39, 0.29) is 5.82 Å². The molecule has 0 bridgehead atoms. The number of aromatic amines is 1. The molecule has 0 aliphatic carbocycles. The van der Waals surface area contributed by atoms with Gasteiger partial charge >= 0.3 is 0 Å². The number of nitrogens with zero attached hydrogens (tertiary/aromatic N) is 1. The summed E-state index contributed by atoms with van der Waals surface area (Å²) in [5.74, 6) is 0.0468. The SMILES string of the molecule is CC(O)[C@H](O)[C@H](O)C(O)c1nc2cc(Cl)c(Cl)cc2[nH]1. The van der Waals surface area contributed by atoms with Gasteiger partial charge in [0.25, 0.3) is 0 Å². The van der Waals surface area contributed by atoms with Crippen molar-refractivity contribution in [3.05, 3.63) is 28.0 Å². The minimum atomic E-state index is -1.58. The van der Waals surface area contributed by atoms with E-state index in [1.54, 1.807) is 6.07 Å². The van der Waals surface area contributed by atoms with E-state index in [9.17, 15) is 20.4 Å². The van der Waals surface area contributed by atoms with Crippen molar-refractivity contribution < 1.29 is 20.4 Å². The van der Waals surface area contributed by atoms with E-state index in [1.807, 2.05) is 0 Å². The molecule has 0 aliphatic rings. The Labute approximate surface area is 124 Å². The maximum Gasteiger partial charge on any atom is 0.140 e. The summed E-state index contributed by atoms with van der Waals surface area (Å²) in [6, 6.07) is 3.06. The van der Waals surface area contributed by atoms with Crippen LogP contribution in [0.15, 0.2) is 12.1 Å². The number of H-pyrrole nitrogens is 1. The highest BCUT2D eigenvalue weighted by Crippen LogP contribution is 2.28. The third-order valence-electron chi connectivity index (χ3n) is 2.99. The number of rotatable bonds is 4. The lowest BCUT2D eigenvalue weighted by molar-refractivity contribution is -0.103. The molecule has 8 heteroatoms. The van der Waals surface area contributed by atoms with Gasteiger partial charge in [0.15, 0.2) is 0 Å². The predicted octanol–water partition coefficient (Wildman–Crippen LogP) is 1.01. The first-order valence-corrected chi connectivity index (χ1v) is 6.63. The highest BCUT2D eigenvalue weighted by molar-refractivity contribution is 6.42. The Bertz CT molecular complexity index is 578. The Morgan fingerprint density at radius 1 is 1.05 bits per heavy atom. The zero-order chi connectivity index (χ0) is 15.0. The number of nitrogens with one attached hydrogen (secondary N) is 1. The van der Waals surface area contributed by atoms with Crippen molar-refractivity contribution in [1.29, 1.82) is 0 Å². The van der Waals surface area contributed by atoms with Crippen LogP contribution in [0, 0.1) is 0 Å². The fourth-order valence-electron chi connectivity index (χ4n) is 1.80. The molecule has 2 aromatic rings. The average Bonchev–Trinajstić information content (AvgIpc) is 2.79. The average molecular weight is 321 g/mol. The Hall–Kier alpha value is -0.890. The van der Waals surface area contributed by atoms with E-state index in [1.165, 1.54) is 13.0 Å². The molecule has 4 atom stereocenters. The topological polar surface area (TPSA) is 110 Å². The number of imidazole rings is 1. The van der Waals surface area contributed by atoms with Crippen LogP contribution in [0.3, 0.4) is 0 Å². The summed E-state index contributed by atoms with van der Waals surface area (Å²) in [6.07, 6.45) is -5.75. The third-order valence-corrected chi connectivity index (χ3v) is 3.71. The number of fused-ring (bicyclic) bond motifs is 1. The van der Waals surface area contributed by atoms with Gasteiger partial charge in [0, 0.05) is 0 Å². The Kier molecular flexibility index (Phi) is 4.53. The maximum atomic E-state index is 9.97. The number of benzene rings is 1. The Morgan fingerprint density at radius 2 is 1.65 bits per heavy atom. The van der Waals surface area contributed by atoms with Gasteiger partial charge in [-0.25, -0.2) is 4.98 Å². The molecule has 0 saturated heterocycles. The number of hydrogen-bond acceptors (Lipinski definition) is 5. The first-order chi connectivity index (χ1) is 9.31. The lowest BCUT2D eigenvalue weighted by Crippen LogP contribution is -2.39. The largest absolute Gasteiger partial charge is 0.391 e. The lowest BCUT2D eigenvalue weighted by Gasteiger charge is -2.23. The molecule has 2 rings (SSSR count). The zero-order valence-electron chi connectivity index (χ0n) is 10.5. The second-order valence-corrected chi connectivity index (χ2v) is 5.39. The molecule has 0 radical (unpaired) electrons. The zero-order valence-corrected chi connectivity index (χ0v) is 12.0. The molecule has 0 aliphatic heterocycles. The van der Waals surface area contributed by atoms with Crippen molar-refractivity contribution in [3.8, 4) is 0 Å². The van der Waals surface area contributed by atoms with Crippen LogP contribution in [0.1, 0.15) is 18.9 Å². The van der Waals surface area contributed by atoms with Crippen LogP contribution >= 0.6 is 23.2 Å². The number of aliphatic hydroxyl groups is 4. The summed E-state index contributed by atoms with van der Waals surface area (Å²) >= 11 is 11.7. The predicted molar refractivity (Wildman–Crippen MR) is 74.8 cm³/mol. The van der Waals surface area contributed by atoms with Crippen molar-refractivity contribution in [2.45, 2.75) is 31.3 Å². The number of halogens is 2. The quantitative estimate of drug-likeness (QED) is 0.577. The van der Waals surface area contributed by atoms with Crippen LogP contribution in [-0.4, -0.2) is 48.7 Å². The van der Waals surface area contributed by atoms with Crippen LogP contribution in [-0.2, 0) is 0 Å². The molecule has 2 unspecified atom stereocenters. The first kappa shape index (κ1) is 15.5. The van der Waals surface area contributed by atoms with Crippen molar-refractivity contribution in [2.75, 3.05) is 0 Å². The monoisotopic (exact) mass is 320 g/mol. The molecule has 0 saturated carbocycles. The molecule has 20 heavy (non-hydrogen) atoms. The smallest absolute Gasteiger partial charge is 0.140 e. The van der Waals surface area contributed by atoms with Gasteiger partial charge < -0.3 is 25.4 Å². The van der Waals surface area contributed by atoms with E-state index in [0.717, 1.165) is 0 Å². The summed E-state index contributed by atoms with van der Waals surface area (Å²) < 4.78 is 0. The standard InChI is InChI=1S/C12H14Cl2N2O4/c1-4(17)9(18)10(19)11(20)12-15-7-2-5(13)6(14)3-8(7)16-12/h2-4,9-11,17-20H,1H3,(H,15,16)/t4?,9-,10-,11?/m0/s1. The Balaban J connectivity index is 2.33. The molecular weight excluding hydrogens is 307 g/mol. The molecule has 1 aromatic carbocycles. The molecule has 0 amide bonds. The van der Waals surface area contributed by atoms with Crippen molar-refractivity contribution in [2.24, 2.45) is 0 Å². The molecule has 1 heterocycles. The van der Waals surface area contributed by atoms with E-state index in [0.29, 0.717) is 21.1 Å². The highest BCUT2D eigenvalue weighted by atomic mass is 35.5. The van der Waals surface area contributed by atoms with Crippen molar-refractivity contribution >= 4 is 34.2 Å². The van der Waals surface area contributed by atoms with Crippen LogP contribution < -0.4 is 0 Å². The van der Waals surface area contributed by atoms with Gasteiger partial charge in [0.1, 0.15) is 24.1 Å². The van der Waals surface area contributed by atoms with Crippen LogP contribution in [0.4, 0.5) is 0 Å². The molecule has 0 fully saturated rings. The van der Waals surface area contributed by atoms with Gasteiger partial charge in [-0.1, -0.05) is 23.2 Å². The number of aromatic nitrogens is 2. The van der Waals surface area contributed by atoms with Gasteiger partial charge in [0.05, 0.1) is 27.2 Å². The van der Waals surface area contributed by atoms with Gasteiger partial charge in [-0.15, -0.1) is 0 Å². The molecule has 1 aromatic heterocycles. The van der Waals surface area contributed by atoms with Crippen LogP contribution in [0.25, 0.3) is 11.0 Å². The molecule has 5 N–H and O–H groups in total. The molecular formula is C12H14Cl2N2O4. The lowest BCUT2D eigenvalue weighted by atomic mass is 10.0. The number of hydrogen-bond donors (Lipinski definition) is 5. The van der Waals surface area contributed by atoms with Crippen molar-refractivity contribution in [1.82, 2.24) is 9.97 Å². The summed E-state index contributed by atoms with van der Waals surface area (Å²) in [6.45, 7) is 1.30. The van der Waals surface area contributed by atoms with Gasteiger partial charge in [0.2, 0.25) is 0 Å². The highest BCUT2D eigenvalue weighted by Gasteiger charge is 2.31. The van der Waals surface area contributed by atoms with Crippen LogP contribution in [0.5, 0.6) is 0 Å². The second kappa shape index (κ2) is 5.85. The second-order valence-electron chi connectivity index (χ2n) is 4.57. The molecule has 0 spiro atoms. The fourth-order valence-corrected chi connectivity index (χ4v) is 2.12. The summed E-state index contributed by atoms with van der Waals surface area (Å²) in [5.41, 5.74) is 0.999. The molecule has 110 valence electrons. The summed E-state index contributed by atoms with van der Waals surface area (Å²) in [5, 5.41) is 39.1. The Morgan fingerprint density at radius 3 is 2.25 bits per heavy atom. The summed E-state index contributed by atoms with van der Waals surface area (Å²) in [4.78, 5) is 6.86. The van der Waals surface area contributed by atoms with Gasteiger partial charge in [-0.05, 0) is 19.1 Å². The maximum absolute atomic E-state index is 9.97. The van der Waals surface area contributed by atoms with E-state index in [2.05, 4.69) is 9.97 Å². The minimum absolute atomic E-state index is 0.0468. The van der Waals surface area contributed by atoms with Crippen LogP contribution in [0.2, 0.25) is 10.0 Å². The van der Waals surface area contributed by atoms with Gasteiger partial charge in [-0.3, -0.25) is 0 Å². The minimum Gasteiger partial charge on any atom is -0.391 e. The van der Waals surface area contributed by atoms with E-state index in [4.69, 9.17) is 23.2 Å².